The van der Waals surface area contributed by atoms with Crippen molar-refractivity contribution in [2.24, 2.45) is 0 Å². The Labute approximate surface area is 127 Å². The van der Waals surface area contributed by atoms with Crippen LogP contribution in [0.2, 0.25) is 0 Å². The third kappa shape index (κ3) is 4.59. The SMILES string of the molecule is CC(C)Oc1ncccc1NC1CCCC(S(C)(=O)=O)C1. The number of nitrogens with one attached hydrogen (secondary N) is 1. The van der Waals surface area contributed by atoms with Crippen LogP contribution in [0.4, 0.5) is 5.69 Å². The molecule has 6 heteroatoms. The second-order valence-corrected chi connectivity index (χ2v) is 8.31. The molecule has 2 rings (SSSR count). The molecule has 0 saturated heterocycles. The van der Waals surface area contributed by atoms with Gasteiger partial charge in [0.05, 0.1) is 17.0 Å². The van der Waals surface area contributed by atoms with E-state index in [9.17, 15) is 8.42 Å². The number of hydrogen-bond donors (Lipinski definition) is 1. The second-order valence-electron chi connectivity index (χ2n) is 5.98. The van der Waals surface area contributed by atoms with E-state index >= 15 is 0 Å². The van der Waals surface area contributed by atoms with Crippen LogP contribution in [0.5, 0.6) is 5.88 Å². The quantitative estimate of drug-likeness (QED) is 0.905. The Morgan fingerprint density at radius 2 is 2.14 bits per heavy atom. The first-order valence-electron chi connectivity index (χ1n) is 7.43. The number of aromatic nitrogens is 1. The summed E-state index contributed by atoms with van der Waals surface area (Å²) in [5, 5.41) is 3.16. The van der Waals surface area contributed by atoms with E-state index in [2.05, 4.69) is 10.3 Å². The van der Waals surface area contributed by atoms with Crippen LogP contribution in [0, 0.1) is 0 Å². The highest BCUT2D eigenvalue weighted by atomic mass is 32.2. The van der Waals surface area contributed by atoms with Gasteiger partial charge in [0.1, 0.15) is 9.84 Å². The van der Waals surface area contributed by atoms with E-state index in [-0.39, 0.29) is 17.4 Å². The van der Waals surface area contributed by atoms with Gasteiger partial charge < -0.3 is 10.1 Å². The maximum atomic E-state index is 11.7. The Bertz CT molecular complexity index is 572. The molecule has 1 saturated carbocycles. The number of hydrogen-bond acceptors (Lipinski definition) is 5. The molecule has 1 heterocycles. The van der Waals surface area contributed by atoms with Gasteiger partial charge >= 0.3 is 0 Å². The van der Waals surface area contributed by atoms with Crippen molar-refractivity contribution in [3.63, 3.8) is 0 Å². The molecule has 0 aliphatic heterocycles. The normalized spacial score (nSPS) is 23.0. The minimum Gasteiger partial charge on any atom is -0.473 e. The van der Waals surface area contributed by atoms with Crippen LogP contribution in [0.25, 0.3) is 0 Å². The fourth-order valence-corrected chi connectivity index (χ4v) is 3.88. The van der Waals surface area contributed by atoms with Gasteiger partial charge in [-0.25, -0.2) is 13.4 Å². The minimum atomic E-state index is -2.97. The van der Waals surface area contributed by atoms with E-state index in [4.69, 9.17) is 4.74 Å². The third-order valence-corrected chi connectivity index (χ3v) is 5.35. The molecule has 21 heavy (non-hydrogen) atoms. The Morgan fingerprint density at radius 3 is 2.81 bits per heavy atom. The molecular weight excluding hydrogens is 288 g/mol. The number of anilines is 1. The van der Waals surface area contributed by atoms with E-state index in [0.717, 1.165) is 24.9 Å². The van der Waals surface area contributed by atoms with Crippen LogP contribution in [0.15, 0.2) is 18.3 Å². The second kappa shape index (κ2) is 6.64. The minimum absolute atomic E-state index is 0.0515. The molecule has 1 aromatic rings. The molecule has 2 atom stereocenters. The number of sulfone groups is 1. The van der Waals surface area contributed by atoms with Gasteiger partial charge in [0.2, 0.25) is 5.88 Å². The number of pyridine rings is 1. The average Bonchev–Trinajstić information content (AvgIpc) is 2.40. The van der Waals surface area contributed by atoms with Crippen molar-refractivity contribution in [1.82, 2.24) is 4.98 Å². The largest absolute Gasteiger partial charge is 0.473 e. The molecule has 5 nitrogen and oxygen atoms in total. The van der Waals surface area contributed by atoms with Crippen LogP contribution < -0.4 is 10.1 Å². The summed E-state index contributed by atoms with van der Waals surface area (Å²) in [4.78, 5) is 4.25. The Hall–Kier alpha value is -1.30. The maximum absolute atomic E-state index is 11.7. The van der Waals surface area contributed by atoms with Crippen LogP contribution in [0.1, 0.15) is 39.5 Å². The summed E-state index contributed by atoms with van der Waals surface area (Å²) in [6.45, 7) is 3.91. The summed E-state index contributed by atoms with van der Waals surface area (Å²) in [6, 6.07) is 3.93. The standard InChI is InChI=1S/C15H24N2O3S/c1-11(2)20-15-14(8-5-9-16-15)17-12-6-4-7-13(10-12)21(3,18)19/h5,8-9,11-13,17H,4,6-7,10H2,1-3H3. The van der Waals surface area contributed by atoms with E-state index in [1.54, 1.807) is 6.20 Å². The van der Waals surface area contributed by atoms with E-state index in [0.29, 0.717) is 12.3 Å². The topological polar surface area (TPSA) is 68.3 Å². The fourth-order valence-electron chi connectivity index (χ4n) is 2.70. The van der Waals surface area contributed by atoms with Crippen molar-refractivity contribution in [3.05, 3.63) is 18.3 Å². The highest BCUT2D eigenvalue weighted by Crippen LogP contribution is 2.29. The van der Waals surface area contributed by atoms with Gasteiger partial charge in [0.15, 0.2) is 0 Å². The van der Waals surface area contributed by atoms with Gasteiger partial charge in [0, 0.05) is 18.5 Å². The molecule has 0 aromatic carbocycles. The molecular formula is C15H24N2O3S. The summed E-state index contributed by atoms with van der Waals surface area (Å²) >= 11 is 0. The lowest BCUT2D eigenvalue weighted by Gasteiger charge is -2.29. The predicted molar refractivity (Wildman–Crippen MR) is 84.5 cm³/mol. The zero-order valence-corrected chi connectivity index (χ0v) is 13.7. The first kappa shape index (κ1) is 16.1. The zero-order valence-electron chi connectivity index (χ0n) is 12.9. The van der Waals surface area contributed by atoms with Gasteiger partial charge in [-0.05, 0) is 45.2 Å². The molecule has 0 spiro atoms. The summed E-state index contributed by atoms with van der Waals surface area (Å²) < 4.78 is 29.2. The van der Waals surface area contributed by atoms with Crippen molar-refractivity contribution in [2.75, 3.05) is 11.6 Å². The van der Waals surface area contributed by atoms with Crippen LogP contribution in [0.3, 0.4) is 0 Å². The van der Waals surface area contributed by atoms with E-state index in [1.165, 1.54) is 6.26 Å². The molecule has 1 fully saturated rings. The molecule has 118 valence electrons. The van der Waals surface area contributed by atoms with Gasteiger partial charge in [-0.2, -0.15) is 0 Å². The molecule has 1 aliphatic rings. The summed E-state index contributed by atoms with van der Waals surface area (Å²) in [5.41, 5.74) is 0.838. The lowest BCUT2D eigenvalue weighted by atomic mass is 9.95. The zero-order chi connectivity index (χ0) is 15.5. The van der Waals surface area contributed by atoms with Crippen LogP contribution in [-0.2, 0) is 9.84 Å². The first-order chi connectivity index (χ1) is 9.86. The number of ether oxygens (including phenoxy) is 1. The predicted octanol–water partition coefficient (Wildman–Crippen LogP) is 2.64. The number of nitrogens with zero attached hydrogens (tertiary/aromatic N) is 1. The van der Waals surface area contributed by atoms with Crippen molar-refractivity contribution in [1.29, 1.82) is 0 Å². The van der Waals surface area contributed by atoms with Gasteiger partial charge in [0.25, 0.3) is 0 Å². The van der Waals surface area contributed by atoms with Crippen molar-refractivity contribution in [3.8, 4) is 5.88 Å². The number of rotatable bonds is 5. The summed E-state index contributed by atoms with van der Waals surface area (Å²) in [7, 11) is -2.97. The van der Waals surface area contributed by atoms with E-state index < -0.39 is 9.84 Å². The van der Waals surface area contributed by atoms with Crippen molar-refractivity contribution < 1.29 is 13.2 Å². The monoisotopic (exact) mass is 312 g/mol. The average molecular weight is 312 g/mol. The highest BCUT2D eigenvalue weighted by Gasteiger charge is 2.29. The molecule has 1 N–H and O–H groups in total. The lowest BCUT2D eigenvalue weighted by molar-refractivity contribution is 0.233. The van der Waals surface area contributed by atoms with Gasteiger partial charge in [-0.1, -0.05) is 6.42 Å². The van der Waals surface area contributed by atoms with Crippen LogP contribution >= 0.6 is 0 Å². The van der Waals surface area contributed by atoms with Crippen molar-refractivity contribution >= 4 is 15.5 Å². The first-order valence-corrected chi connectivity index (χ1v) is 9.39. The maximum Gasteiger partial charge on any atom is 0.237 e. The Morgan fingerprint density at radius 1 is 1.38 bits per heavy atom. The van der Waals surface area contributed by atoms with Gasteiger partial charge in [-0.15, -0.1) is 0 Å². The smallest absolute Gasteiger partial charge is 0.237 e. The summed E-state index contributed by atoms with van der Waals surface area (Å²) in [6.07, 6.45) is 6.39. The Balaban J connectivity index is 2.08. The van der Waals surface area contributed by atoms with Crippen LogP contribution in [-0.4, -0.2) is 37.1 Å². The summed E-state index contributed by atoms with van der Waals surface area (Å²) in [5.74, 6) is 0.578. The van der Waals surface area contributed by atoms with E-state index in [1.807, 2.05) is 26.0 Å². The third-order valence-electron chi connectivity index (χ3n) is 3.71. The Kier molecular flexibility index (Phi) is 5.08. The lowest BCUT2D eigenvalue weighted by Crippen LogP contribution is -2.34. The van der Waals surface area contributed by atoms with Crippen molar-refractivity contribution in [2.45, 2.75) is 56.9 Å². The fraction of sp³-hybridized carbons (Fsp3) is 0.667. The molecule has 0 amide bonds. The van der Waals surface area contributed by atoms with Gasteiger partial charge in [-0.3, -0.25) is 0 Å². The molecule has 1 aliphatic carbocycles. The molecule has 2 unspecified atom stereocenters. The molecule has 1 aromatic heterocycles. The molecule has 0 bridgehead atoms. The molecule has 0 radical (unpaired) electrons. The highest BCUT2D eigenvalue weighted by molar-refractivity contribution is 7.91.